The zero-order valence-electron chi connectivity index (χ0n) is 10.7. The van der Waals surface area contributed by atoms with Crippen LogP contribution in [-0.2, 0) is 0 Å². The molecule has 0 aliphatic heterocycles. The standard InChI is InChI=1S/C17H16N/c1-13-7-9-15(10-8-13)18-12-11-14(2)16-5-3-4-6-17(16)18/h3-12H,1-2H3/q+1. The van der Waals surface area contributed by atoms with Crippen LogP contribution < -0.4 is 4.57 Å². The molecule has 88 valence electrons. The minimum atomic E-state index is 1.21. The molecule has 3 aromatic rings. The van der Waals surface area contributed by atoms with E-state index in [-0.39, 0.29) is 0 Å². The number of hydrogen-bond acceptors (Lipinski definition) is 0. The first-order chi connectivity index (χ1) is 8.75. The normalized spacial score (nSPS) is 10.8. The Morgan fingerprint density at radius 2 is 1.50 bits per heavy atom. The van der Waals surface area contributed by atoms with Gasteiger partial charge in [0.05, 0.1) is 0 Å². The fourth-order valence-electron chi connectivity index (χ4n) is 2.30. The Labute approximate surface area is 107 Å². The van der Waals surface area contributed by atoms with Crippen molar-refractivity contribution in [3.8, 4) is 5.69 Å². The van der Waals surface area contributed by atoms with Crippen LogP contribution in [0.1, 0.15) is 11.1 Å². The second kappa shape index (κ2) is 4.26. The van der Waals surface area contributed by atoms with Gasteiger partial charge in [-0.25, -0.2) is 0 Å². The Hall–Kier alpha value is -2.15. The summed E-state index contributed by atoms with van der Waals surface area (Å²) in [5.41, 5.74) is 5.06. The van der Waals surface area contributed by atoms with Crippen molar-refractivity contribution >= 4 is 10.9 Å². The van der Waals surface area contributed by atoms with Gasteiger partial charge in [-0.1, -0.05) is 29.8 Å². The van der Waals surface area contributed by atoms with Gasteiger partial charge in [-0.15, -0.1) is 0 Å². The third-order valence-electron chi connectivity index (χ3n) is 3.37. The van der Waals surface area contributed by atoms with Crippen molar-refractivity contribution < 1.29 is 4.57 Å². The molecule has 0 saturated carbocycles. The van der Waals surface area contributed by atoms with Gasteiger partial charge in [0.2, 0.25) is 11.2 Å². The number of pyridine rings is 1. The first-order valence-corrected chi connectivity index (χ1v) is 6.23. The van der Waals surface area contributed by atoms with Crippen molar-refractivity contribution in [1.82, 2.24) is 0 Å². The van der Waals surface area contributed by atoms with Crippen molar-refractivity contribution in [2.45, 2.75) is 13.8 Å². The van der Waals surface area contributed by atoms with Crippen molar-refractivity contribution in [2.75, 3.05) is 0 Å². The summed E-state index contributed by atoms with van der Waals surface area (Å²) in [5, 5.41) is 1.31. The topological polar surface area (TPSA) is 3.88 Å². The second-order valence-corrected chi connectivity index (χ2v) is 4.72. The number of hydrogen-bond donors (Lipinski definition) is 0. The van der Waals surface area contributed by atoms with Gasteiger partial charge in [0.25, 0.3) is 0 Å². The molecule has 1 aromatic heterocycles. The average Bonchev–Trinajstić information content (AvgIpc) is 2.41. The van der Waals surface area contributed by atoms with Gasteiger partial charge in [-0.05, 0) is 25.5 Å². The summed E-state index contributed by atoms with van der Waals surface area (Å²) < 4.78 is 2.24. The first kappa shape index (κ1) is 11.0. The second-order valence-electron chi connectivity index (χ2n) is 4.72. The van der Waals surface area contributed by atoms with Crippen LogP contribution in [0.3, 0.4) is 0 Å². The highest BCUT2D eigenvalue weighted by molar-refractivity contribution is 5.79. The molecule has 0 N–H and O–H groups in total. The molecule has 0 amide bonds. The van der Waals surface area contributed by atoms with Crippen molar-refractivity contribution in [2.24, 2.45) is 0 Å². The van der Waals surface area contributed by atoms with E-state index in [1.54, 1.807) is 0 Å². The highest BCUT2D eigenvalue weighted by atomic mass is 15.0. The Bertz CT molecular complexity index is 696. The molecule has 0 aliphatic rings. The smallest absolute Gasteiger partial charge is 0.160 e. The number of fused-ring (bicyclic) bond motifs is 1. The van der Waals surface area contributed by atoms with Crippen LogP contribution in [0.4, 0.5) is 0 Å². The minimum absolute atomic E-state index is 1.21. The highest BCUT2D eigenvalue weighted by Crippen LogP contribution is 2.15. The molecular formula is C17H16N+. The van der Waals surface area contributed by atoms with Crippen LogP contribution in [0, 0.1) is 13.8 Å². The molecule has 0 bridgehead atoms. The number of aromatic nitrogens is 1. The average molecular weight is 234 g/mol. The third kappa shape index (κ3) is 1.78. The molecule has 3 rings (SSSR count). The zero-order chi connectivity index (χ0) is 12.5. The first-order valence-electron chi connectivity index (χ1n) is 6.23. The lowest BCUT2D eigenvalue weighted by molar-refractivity contribution is -0.567. The van der Waals surface area contributed by atoms with Crippen LogP contribution in [0.15, 0.2) is 60.8 Å². The number of benzene rings is 2. The SMILES string of the molecule is Cc1ccc(-[n+]2ccc(C)c3ccccc32)cc1. The molecule has 0 saturated heterocycles. The summed E-state index contributed by atoms with van der Waals surface area (Å²) in [5.74, 6) is 0. The van der Waals surface area contributed by atoms with Crippen LogP contribution in [0.5, 0.6) is 0 Å². The largest absolute Gasteiger partial charge is 0.218 e. The summed E-state index contributed by atoms with van der Waals surface area (Å²) in [4.78, 5) is 0. The van der Waals surface area contributed by atoms with Gasteiger partial charge >= 0.3 is 0 Å². The molecule has 0 unspecified atom stereocenters. The summed E-state index contributed by atoms with van der Waals surface area (Å²) in [6, 6.07) is 19.3. The maximum Gasteiger partial charge on any atom is 0.218 e. The lowest BCUT2D eigenvalue weighted by atomic mass is 10.1. The van der Waals surface area contributed by atoms with E-state index in [9.17, 15) is 0 Å². The van der Waals surface area contributed by atoms with Gasteiger partial charge in [0.15, 0.2) is 6.20 Å². The van der Waals surface area contributed by atoms with Gasteiger partial charge < -0.3 is 0 Å². The third-order valence-corrected chi connectivity index (χ3v) is 3.37. The number of aryl methyl sites for hydroxylation is 2. The summed E-state index contributed by atoms with van der Waals surface area (Å²) in [6.45, 7) is 4.27. The summed E-state index contributed by atoms with van der Waals surface area (Å²) >= 11 is 0. The molecule has 1 nitrogen and oxygen atoms in total. The molecule has 0 atom stereocenters. The molecule has 0 aliphatic carbocycles. The Balaban J connectivity index is 2.30. The zero-order valence-corrected chi connectivity index (χ0v) is 10.7. The molecule has 0 radical (unpaired) electrons. The molecular weight excluding hydrogens is 218 g/mol. The lowest BCUT2D eigenvalue weighted by Gasteiger charge is -2.03. The van der Waals surface area contributed by atoms with Gasteiger partial charge in [0.1, 0.15) is 0 Å². The quantitative estimate of drug-likeness (QED) is 0.565. The maximum atomic E-state index is 2.24. The van der Waals surface area contributed by atoms with E-state index in [1.807, 2.05) is 0 Å². The van der Waals surface area contributed by atoms with Gasteiger partial charge in [0, 0.05) is 29.7 Å². The fraction of sp³-hybridized carbons (Fsp3) is 0.118. The van der Waals surface area contributed by atoms with E-state index in [4.69, 9.17) is 0 Å². The van der Waals surface area contributed by atoms with Gasteiger partial charge in [-0.3, -0.25) is 0 Å². The van der Waals surface area contributed by atoms with E-state index in [0.29, 0.717) is 0 Å². The number of para-hydroxylation sites is 1. The Kier molecular flexibility index (Phi) is 2.60. The Morgan fingerprint density at radius 3 is 2.28 bits per heavy atom. The van der Waals surface area contributed by atoms with Crippen LogP contribution in [-0.4, -0.2) is 0 Å². The number of nitrogens with zero attached hydrogens (tertiary/aromatic N) is 1. The van der Waals surface area contributed by atoms with Gasteiger partial charge in [-0.2, -0.15) is 4.57 Å². The number of rotatable bonds is 1. The van der Waals surface area contributed by atoms with Crippen LogP contribution >= 0.6 is 0 Å². The molecule has 2 aromatic carbocycles. The van der Waals surface area contributed by atoms with E-state index in [2.05, 4.69) is 79.2 Å². The molecule has 1 heteroatoms. The van der Waals surface area contributed by atoms with Crippen molar-refractivity contribution in [3.63, 3.8) is 0 Å². The fourth-order valence-corrected chi connectivity index (χ4v) is 2.30. The molecule has 0 spiro atoms. The summed E-state index contributed by atoms with van der Waals surface area (Å²) in [6.07, 6.45) is 2.14. The lowest BCUT2D eigenvalue weighted by Crippen LogP contribution is -2.31. The van der Waals surface area contributed by atoms with Crippen LogP contribution in [0.2, 0.25) is 0 Å². The van der Waals surface area contributed by atoms with Crippen molar-refractivity contribution in [1.29, 1.82) is 0 Å². The predicted octanol–water partition coefficient (Wildman–Crippen LogP) is 3.73. The van der Waals surface area contributed by atoms with E-state index >= 15 is 0 Å². The van der Waals surface area contributed by atoms with E-state index < -0.39 is 0 Å². The maximum absolute atomic E-state index is 2.24. The molecule has 0 fully saturated rings. The van der Waals surface area contributed by atoms with Crippen LogP contribution in [0.25, 0.3) is 16.6 Å². The Morgan fingerprint density at radius 1 is 0.778 bits per heavy atom. The van der Waals surface area contributed by atoms with Crippen molar-refractivity contribution in [3.05, 3.63) is 71.9 Å². The highest BCUT2D eigenvalue weighted by Gasteiger charge is 2.12. The molecule has 1 heterocycles. The predicted molar refractivity (Wildman–Crippen MR) is 75.0 cm³/mol. The molecule has 18 heavy (non-hydrogen) atoms. The monoisotopic (exact) mass is 234 g/mol. The van der Waals surface area contributed by atoms with E-state index in [0.717, 1.165) is 0 Å². The minimum Gasteiger partial charge on any atom is -0.160 e. The summed E-state index contributed by atoms with van der Waals surface area (Å²) in [7, 11) is 0. The van der Waals surface area contributed by atoms with E-state index in [1.165, 1.54) is 27.7 Å².